The van der Waals surface area contributed by atoms with Crippen molar-refractivity contribution in [3.8, 4) is 0 Å². The molecule has 3 N–H and O–H groups in total. The number of hydrogen-bond donors (Lipinski definition) is 2. The van der Waals surface area contributed by atoms with E-state index >= 15 is 0 Å². The summed E-state index contributed by atoms with van der Waals surface area (Å²) in [6.45, 7) is 7.22. The molecule has 1 aromatic carbocycles. The number of nitrogens with one attached hydrogen (secondary N) is 1. The third kappa shape index (κ3) is 4.99. The molecule has 0 saturated carbocycles. The van der Waals surface area contributed by atoms with Gasteiger partial charge in [-0.3, -0.25) is 0 Å². The van der Waals surface area contributed by atoms with Gasteiger partial charge in [-0.25, -0.2) is 0 Å². The second kappa shape index (κ2) is 5.69. The standard InChI is InChI=1S/C13H21BrN2/c1-10-5-6-11(14)9-12(10)16-8-4-7-13(2,3)15/h5-6,9,16H,4,7-8,15H2,1-3H3. The summed E-state index contributed by atoms with van der Waals surface area (Å²) in [6, 6.07) is 6.28. The summed E-state index contributed by atoms with van der Waals surface area (Å²) in [5.74, 6) is 0. The molecule has 0 radical (unpaired) electrons. The first kappa shape index (κ1) is 13.5. The summed E-state index contributed by atoms with van der Waals surface area (Å²) >= 11 is 3.48. The summed E-state index contributed by atoms with van der Waals surface area (Å²) in [7, 11) is 0. The van der Waals surface area contributed by atoms with Crippen LogP contribution in [0.5, 0.6) is 0 Å². The van der Waals surface area contributed by atoms with Crippen LogP contribution in [0.25, 0.3) is 0 Å². The Labute approximate surface area is 107 Å². The van der Waals surface area contributed by atoms with Crippen LogP contribution in [-0.2, 0) is 0 Å². The van der Waals surface area contributed by atoms with Crippen molar-refractivity contribution in [1.82, 2.24) is 0 Å². The molecule has 0 aromatic heterocycles. The van der Waals surface area contributed by atoms with Gasteiger partial charge in [-0.05, 0) is 51.3 Å². The topological polar surface area (TPSA) is 38.0 Å². The second-order valence-corrected chi connectivity index (χ2v) is 5.89. The summed E-state index contributed by atoms with van der Waals surface area (Å²) in [6.07, 6.45) is 2.13. The highest BCUT2D eigenvalue weighted by molar-refractivity contribution is 9.10. The van der Waals surface area contributed by atoms with E-state index < -0.39 is 0 Å². The van der Waals surface area contributed by atoms with Crippen molar-refractivity contribution >= 4 is 21.6 Å². The highest BCUT2D eigenvalue weighted by atomic mass is 79.9. The van der Waals surface area contributed by atoms with Crippen LogP contribution in [0.2, 0.25) is 0 Å². The summed E-state index contributed by atoms with van der Waals surface area (Å²) in [5.41, 5.74) is 8.34. The molecule has 2 nitrogen and oxygen atoms in total. The Kier molecular flexibility index (Phi) is 4.81. The number of benzene rings is 1. The third-order valence-corrected chi connectivity index (χ3v) is 3.01. The lowest BCUT2D eigenvalue weighted by atomic mass is 10.0. The zero-order valence-corrected chi connectivity index (χ0v) is 11.9. The van der Waals surface area contributed by atoms with E-state index in [1.54, 1.807) is 0 Å². The Bertz CT molecular complexity index is 342. The quantitative estimate of drug-likeness (QED) is 0.810. The molecule has 16 heavy (non-hydrogen) atoms. The minimum atomic E-state index is -0.0615. The Hall–Kier alpha value is -0.540. The van der Waals surface area contributed by atoms with E-state index in [4.69, 9.17) is 5.73 Å². The van der Waals surface area contributed by atoms with Gasteiger partial charge in [0.2, 0.25) is 0 Å². The Morgan fingerprint density at radius 3 is 2.69 bits per heavy atom. The Balaban J connectivity index is 2.40. The lowest BCUT2D eigenvalue weighted by molar-refractivity contribution is 0.465. The van der Waals surface area contributed by atoms with Gasteiger partial charge < -0.3 is 11.1 Å². The molecule has 1 rings (SSSR count). The normalized spacial score (nSPS) is 11.6. The van der Waals surface area contributed by atoms with Crippen LogP contribution in [0, 0.1) is 6.92 Å². The van der Waals surface area contributed by atoms with Gasteiger partial charge in [-0.15, -0.1) is 0 Å². The number of halogens is 1. The predicted octanol–water partition coefficient (Wildman–Crippen LogP) is 3.69. The maximum Gasteiger partial charge on any atom is 0.0381 e. The van der Waals surface area contributed by atoms with E-state index in [-0.39, 0.29) is 5.54 Å². The molecule has 0 aliphatic carbocycles. The molecule has 0 heterocycles. The fourth-order valence-electron chi connectivity index (χ4n) is 1.55. The zero-order valence-electron chi connectivity index (χ0n) is 10.3. The smallest absolute Gasteiger partial charge is 0.0381 e. The van der Waals surface area contributed by atoms with Crippen LogP contribution < -0.4 is 11.1 Å². The molecule has 0 saturated heterocycles. The van der Waals surface area contributed by atoms with Crippen LogP contribution in [0.1, 0.15) is 32.3 Å². The van der Waals surface area contributed by atoms with Gasteiger partial charge >= 0.3 is 0 Å². The zero-order chi connectivity index (χ0) is 12.2. The van der Waals surface area contributed by atoms with Crippen molar-refractivity contribution in [2.45, 2.75) is 39.2 Å². The molecule has 1 aromatic rings. The highest BCUT2D eigenvalue weighted by Gasteiger charge is 2.09. The van der Waals surface area contributed by atoms with Gasteiger partial charge in [0, 0.05) is 22.2 Å². The van der Waals surface area contributed by atoms with Crippen LogP contribution in [0.4, 0.5) is 5.69 Å². The van der Waals surface area contributed by atoms with Crippen molar-refractivity contribution in [3.63, 3.8) is 0 Å². The summed E-state index contributed by atoms with van der Waals surface area (Å²) in [5, 5.41) is 3.44. The third-order valence-electron chi connectivity index (χ3n) is 2.51. The van der Waals surface area contributed by atoms with E-state index in [9.17, 15) is 0 Å². The van der Waals surface area contributed by atoms with Gasteiger partial charge in [0.05, 0.1) is 0 Å². The molecule has 3 heteroatoms. The minimum Gasteiger partial charge on any atom is -0.385 e. The molecular formula is C13H21BrN2. The average molecular weight is 285 g/mol. The maximum absolute atomic E-state index is 5.93. The molecule has 0 aliphatic rings. The number of nitrogens with two attached hydrogens (primary N) is 1. The fraction of sp³-hybridized carbons (Fsp3) is 0.538. The monoisotopic (exact) mass is 284 g/mol. The largest absolute Gasteiger partial charge is 0.385 e. The molecule has 0 fully saturated rings. The first-order valence-corrected chi connectivity index (χ1v) is 6.47. The van der Waals surface area contributed by atoms with Gasteiger partial charge in [-0.1, -0.05) is 22.0 Å². The number of anilines is 1. The van der Waals surface area contributed by atoms with E-state index in [1.807, 2.05) is 0 Å². The summed E-state index contributed by atoms with van der Waals surface area (Å²) < 4.78 is 1.11. The molecule has 0 spiro atoms. The first-order valence-electron chi connectivity index (χ1n) is 5.67. The predicted molar refractivity (Wildman–Crippen MR) is 74.9 cm³/mol. The number of hydrogen-bond acceptors (Lipinski definition) is 2. The Morgan fingerprint density at radius 1 is 1.38 bits per heavy atom. The van der Waals surface area contributed by atoms with Crippen LogP contribution in [-0.4, -0.2) is 12.1 Å². The maximum atomic E-state index is 5.93. The van der Waals surface area contributed by atoms with E-state index in [0.717, 1.165) is 23.9 Å². The molecule has 0 bridgehead atoms. The van der Waals surface area contributed by atoms with Gasteiger partial charge in [0.15, 0.2) is 0 Å². The van der Waals surface area contributed by atoms with Crippen LogP contribution in [0.3, 0.4) is 0 Å². The molecule has 0 atom stereocenters. The SMILES string of the molecule is Cc1ccc(Br)cc1NCCCC(C)(C)N. The summed E-state index contributed by atoms with van der Waals surface area (Å²) in [4.78, 5) is 0. The molecule has 0 unspecified atom stereocenters. The van der Waals surface area contributed by atoms with Crippen molar-refractivity contribution in [1.29, 1.82) is 0 Å². The number of rotatable bonds is 5. The van der Waals surface area contributed by atoms with E-state index in [0.29, 0.717) is 0 Å². The lowest BCUT2D eigenvalue weighted by Gasteiger charge is -2.18. The van der Waals surface area contributed by atoms with Crippen LogP contribution in [0.15, 0.2) is 22.7 Å². The van der Waals surface area contributed by atoms with E-state index in [1.165, 1.54) is 11.3 Å². The van der Waals surface area contributed by atoms with E-state index in [2.05, 4.69) is 60.2 Å². The lowest BCUT2D eigenvalue weighted by Crippen LogP contribution is -2.32. The molecule has 0 aliphatic heterocycles. The molecule has 90 valence electrons. The Morgan fingerprint density at radius 2 is 2.06 bits per heavy atom. The molecule has 0 amide bonds. The van der Waals surface area contributed by atoms with Crippen molar-refractivity contribution in [3.05, 3.63) is 28.2 Å². The first-order chi connectivity index (χ1) is 7.38. The van der Waals surface area contributed by atoms with Crippen molar-refractivity contribution in [2.75, 3.05) is 11.9 Å². The highest BCUT2D eigenvalue weighted by Crippen LogP contribution is 2.20. The number of aryl methyl sites for hydroxylation is 1. The average Bonchev–Trinajstić information content (AvgIpc) is 2.16. The van der Waals surface area contributed by atoms with Crippen LogP contribution >= 0.6 is 15.9 Å². The molecular weight excluding hydrogens is 264 g/mol. The van der Waals surface area contributed by atoms with Gasteiger partial charge in [-0.2, -0.15) is 0 Å². The van der Waals surface area contributed by atoms with Crippen molar-refractivity contribution < 1.29 is 0 Å². The second-order valence-electron chi connectivity index (χ2n) is 4.98. The minimum absolute atomic E-state index is 0.0615. The van der Waals surface area contributed by atoms with Gasteiger partial charge in [0.1, 0.15) is 0 Å². The van der Waals surface area contributed by atoms with Gasteiger partial charge in [0.25, 0.3) is 0 Å². The van der Waals surface area contributed by atoms with Crippen molar-refractivity contribution in [2.24, 2.45) is 5.73 Å². The fourth-order valence-corrected chi connectivity index (χ4v) is 1.91.